The van der Waals surface area contributed by atoms with E-state index in [4.69, 9.17) is 9.47 Å². The number of morpholine rings is 1. The molecule has 1 saturated carbocycles. The van der Waals surface area contributed by atoms with Gasteiger partial charge in [0.1, 0.15) is 6.23 Å². The molecule has 3 heteroatoms. The minimum Gasteiger partial charge on any atom is -0.373 e. The van der Waals surface area contributed by atoms with Gasteiger partial charge in [0.25, 0.3) is 0 Å². The summed E-state index contributed by atoms with van der Waals surface area (Å²) >= 11 is 0. The molecule has 3 rings (SSSR count). The fraction of sp³-hybridized carbons (Fsp3) is 1.00. The zero-order valence-electron chi connectivity index (χ0n) is 12.2. The van der Waals surface area contributed by atoms with E-state index in [1.807, 2.05) is 0 Å². The molecule has 0 unspecified atom stereocenters. The summed E-state index contributed by atoms with van der Waals surface area (Å²) in [4.78, 5) is 2.55. The van der Waals surface area contributed by atoms with Crippen LogP contribution in [0.3, 0.4) is 0 Å². The van der Waals surface area contributed by atoms with Crippen molar-refractivity contribution >= 4 is 0 Å². The van der Waals surface area contributed by atoms with Crippen molar-refractivity contribution in [3.05, 3.63) is 0 Å². The molecule has 2 heterocycles. The van der Waals surface area contributed by atoms with Gasteiger partial charge in [-0.25, -0.2) is 0 Å². The smallest absolute Gasteiger partial charge is 0.135 e. The molecule has 0 amide bonds. The lowest BCUT2D eigenvalue weighted by Gasteiger charge is -2.59. The molecule has 0 aromatic rings. The molecule has 0 aromatic heterocycles. The minimum atomic E-state index is 0.183. The van der Waals surface area contributed by atoms with E-state index in [1.165, 1.54) is 19.3 Å². The van der Waals surface area contributed by atoms with Crippen LogP contribution in [0, 0.1) is 11.8 Å². The minimum absolute atomic E-state index is 0.183. The van der Waals surface area contributed by atoms with Gasteiger partial charge in [-0.05, 0) is 39.5 Å². The van der Waals surface area contributed by atoms with Gasteiger partial charge in [-0.2, -0.15) is 0 Å². The third-order valence-electron chi connectivity index (χ3n) is 5.36. The molecule has 3 nitrogen and oxygen atoms in total. The molecule has 5 atom stereocenters. The van der Waals surface area contributed by atoms with E-state index in [0.717, 1.165) is 19.1 Å². The van der Waals surface area contributed by atoms with Crippen LogP contribution in [0.2, 0.25) is 0 Å². The molecule has 0 bridgehead atoms. The summed E-state index contributed by atoms with van der Waals surface area (Å²) in [7, 11) is 0. The van der Waals surface area contributed by atoms with Crippen LogP contribution < -0.4 is 0 Å². The van der Waals surface area contributed by atoms with Gasteiger partial charge in [0, 0.05) is 18.0 Å². The average Bonchev–Trinajstić information content (AvgIpc) is 2.30. The Morgan fingerprint density at radius 2 is 1.94 bits per heavy atom. The second-order valence-electron chi connectivity index (χ2n) is 7.10. The lowest BCUT2D eigenvalue weighted by Crippen LogP contribution is -2.68. The normalized spacial score (nSPS) is 48.3. The first-order chi connectivity index (χ1) is 8.48. The summed E-state index contributed by atoms with van der Waals surface area (Å²) in [6, 6.07) is 0. The largest absolute Gasteiger partial charge is 0.373 e. The summed E-state index contributed by atoms with van der Waals surface area (Å²) in [5, 5.41) is 0. The van der Waals surface area contributed by atoms with Crippen LogP contribution in [0.25, 0.3) is 0 Å². The molecule has 0 radical (unpaired) electrons. The Hall–Kier alpha value is -0.120. The highest BCUT2D eigenvalue weighted by atomic mass is 16.6. The van der Waals surface area contributed by atoms with Gasteiger partial charge in [0.15, 0.2) is 0 Å². The second kappa shape index (κ2) is 4.46. The van der Waals surface area contributed by atoms with E-state index in [0.29, 0.717) is 18.1 Å². The molecular formula is C15H27NO2. The summed E-state index contributed by atoms with van der Waals surface area (Å²) in [6.45, 7) is 11.1. The predicted octanol–water partition coefficient (Wildman–Crippen LogP) is 2.65. The standard InChI is InChI=1S/C15H27NO2/c1-10-5-6-12-13(7-10)18-14-9-17-11(2)8-16(14)15(12,3)4/h10-14H,5-9H2,1-4H3/t10-,11+,12-,13-,14+/m1/s1. The van der Waals surface area contributed by atoms with Gasteiger partial charge < -0.3 is 9.47 Å². The number of nitrogens with zero attached hydrogens (tertiary/aromatic N) is 1. The number of hydrogen-bond acceptors (Lipinski definition) is 3. The highest BCUT2D eigenvalue weighted by molar-refractivity contribution is 5.01. The van der Waals surface area contributed by atoms with Crippen LogP contribution in [-0.4, -0.2) is 42.0 Å². The molecule has 2 aliphatic heterocycles. The molecular weight excluding hydrogens is 226 g/mol. The van der Waals surface area contributed by atoms with Crippen molar-refractivity contribution in [3.63, 3.8) is 0 Å². The van der Waals surface area contributed by atoms with Crippen LogP contribution >= 0.6 is 0 Å². The first kappa shape index (κ1) is 12.9. The Balaban J connectivity index is 1.83. The molecule has 0 N–H and O–H groups in total. The van der Waals surface area contributed by atoms with Crippen molar-refractivity contribution in [2.45, 2.75) is 70.9 Å². The molecule has 2 saturated heterocycles. The second-order valence-corrected chi connectivity index (χ2v) is 7.10. The van der Waals surface area contributed by atoms with Crippen molar-refractivity contribution in [2.75, 3.05) is 13.2 Å². The Labute approximate surface area is 111 Å². The zero-order valence-corrected chi connectivity index (χ0v) is 12.2. The zero-order chi connectivity index (χ0) is 12.9. The monoisotopic (exact) mass is 253 g/mol. The SMILES string of the molecule is C[C@@H]1CC[C@@H]2[C@@H](C1)O[C@H]1CO[C@@H](C)CN1C2(C)C. The van der Waals surface area contributed by atoms with Crippen LogP contribution in [0.15, 0.2) is 0 Å². The molecule has 0 spiro atoms. The summed E-state index contributed by atoms with van der Waals surface area (Å²) in [5.41, 5.74) is 0.256. The third-order valence-corrected chi connectivity index (χ3v) is 5.36. The maximum Gasteiger partial charge on any atom is 0.135 e. The number of rotatable bonds is 0. The maximum atomic E-state index is 6.35. The van der Waals surface area contributed by atoms with Gasteiger partial charge in [0.2, 0.25) is 0 Å². The van der Waals surface area contributed by atoms with Crippen molar-refractivity contribution in [1.29, 1.82) is 0 Å². The average molecular weight is 253 g/mol. The number of fused-ring (bicyclic) bond motifs is 2. The Morgan fingerprint density at radius 1 is 1.17 bits per heavy atom. The van der Waals surface area contributed by atoms with E-state index in [2.05, 4.69) is 32.6 Å². The van der Waals surface area contributed by atoms with Crippen LogP contribution in [-0.2, 0) is 9.47 Å². The Bertz CT molecular complexity index is 318. The first-order valence-corrected chi connectivity index (χ1v) is 7.52. The highest BCUT2D eigenvalue weighted by Crippen LogP contribution is 2.45. The van der Waals surface area contributed by atoms with E-state index in [-0.39, 0.29) is 11.8 Å². The molecule has 104 valence electrons. The summed E-state index contributed by atoms with van der Waals surface area (Å²) < 4.78 is 12.1. The summed E-state index contributed by atoms with van der Waals surface area (Å²) in [5.74, 6) is 1.51. The first-order valence-electron chi connectivity index (χ1n) is 7.52. The lowest BCUT2D eigenvalue weighted by atomic mass is 9.69. The van der Waals surface area contributed by atoms with E-state index in [9.17, 15) is 0 Å². The maximum absolute atomic E-state index is 6.35. The van der Waals surface area contributed by atoms with Crippen molar-refractivity contribution in [2.24, 2.45) is 11.8 Å². The Kier molecular flexibility index (Phi) is 3.20. The topological polar surface area (TPSA) is 21.7 Å². The fourth-order valence-corrected chi connectivity index (χ4v) is 4.20. The van der Waals surface area contributed by atoms with Gasteiger partial charge >= 0.3 is 0 Å². The van der Waals surface area contributed by atoms with E-state index < -0.39 is 0 Å². The van der Waals surface area contributed by atoms with Crippen molar-refractivity contribution in [1.82, 2.24) is 4.90 Å². The van der Waals surface area contributed by atoms with Gasteiger partial charge in [-0.15, -0.1) is 0 Å². The van der Waals surface area contributed by atoms with Crippen molar-refractivity contribution in [3.8, 4) is 0 Å². The van der Waals surface area contributed by atoms with Gasteiger partial charge in [-0.3, -0.25) is 4.90 Å². The van der Waals surface area contributed by atoms with Crippen LogP contribution in [0.5, 0.6) is 0 Å². The molecule has 3 fully saturated rings. The highest BCUT2D eigenvalue weighted by Gasteiger charge is 2.51. The van der Waals surface area contributed by atoms with E-state index >= 15 is 0 Å². The molecule has 18 heavy (non-hydrogen) atoms. The molecule has 1 aliphatic carbocycles. The number of ether oxygens (including phenoxy) is 2. The van der Waals surface area contributed by atoms with Crippen LogP contribution in [0.4, 0.5) is 0 Å². The molecule has 0 aromatic carbocycles. The quantitative estimate of drug-likeness (QED) is 0.662. The third kappa shape index (κ3) is 2.00. The van der Waals surface area contributed by atoms with Gasteiger partial charge in [0.05, 0.1) is 18.8 Å². The van der Waals surface area contributed by atoms with E-state index in [1.54, 1.807) is 0 Å². The number of hydrogen-bond donors (Lipinski definition) is 0. The molecule has 3 aliphatic rings. The predicted molar refractivity (Wildman–Crippen MR) is 71.4 cm³/mol. The Morgan fingerprint density at radius 3 is 2.72 bits per heavy atom. The lowest BCUT2D eigenvalue weighted by molar-refractivity contribution is -0.276. The fourth-order valence-electron chi connectivity index (χ4n) is 4.20. The van der Waals surface area contributed by atoms with Crippen LogP contribution in [0.1, 0.15) is 47.0 Å². The van der Waals surface area contributed by atoms with Gasteiger partial charge in [-0.1, -0.05) is 13.3 Å². The summed E-state index contributed by atoms with van der Waals surface area (Å²) in [6.07, 6.45) is 4.87. The van der Waals surface area contributed by atoms with Crippen molar-refractivity contribution < 1.29 is 9.47 Å².